The summed E-state index contributed by atoms with van der Waals surface area (Å²) in [6.45, 7) is 2.68. The Morgan fingerprint density at radius 2 is 1.86 bits per heavy atom. The minimum absolute atomic E-state index is 0.358. The SMILES string of the molecule is CCOC1(c2nc(Cl)cc(-c3ccccc3)n2)CCCC1. The zero-order chi connectivity index (χ0) is 14.7. The number of rotatable bonds is 4. The fourth-order valence-corrected chi connectivity index (χ4v) is 3.22. The molecule has 0 radical (unpaired) electrons. The predicted molar refractivity (Wildman–Crippen MR) is 84.3 cm³/mol. The lowest BCUT2D eigenvalue weighted by Crippen LogP contribution is -2.29. The minimum atomic E-state index is -0.358. The number of aromatic nitrogens is 2. The lowest BCUT2D eigenvalue weighted by atomic mass is 10.0. The number of hydrogen-bond donors (Lipinski definition) is 0. The van der Waals surface area contributed by atoms with E-state index in [9.17, 15) is 0 Å². The molecule has 0 atom stereocenters. The summed E-state index contributed by atoms with van der Waals surface area (Å²) >= 11 is 6.23. The van der Waals surface area contributed by atoms with Crippen molar-refractivity contribution >= 4 is 11.6 Å². The second-order valence-corrected chi connectivity index (χ2v) is 5.79. The minimum Gasteiger partial charge on any atom is -0.367 e. The normalized spacial score (nSPS) is 17.0. The molecule has 1 aromatic carbocycles. The lowest BCUT2D eigenvalue weighted by Gasteiger charge is -2.27. The quantitative estimate of drug-likeness (QED) is 0.774. The fourth-order valence-electron chi connectivity index (χ4n) is 3.03. The van der Waals surface area contributed by atoms with Gasteiger partial charge in [-0.2, -0.15) is 0 Å². The number of hydrogen-bond acceptors (Lipinski definition) is 3. The van der Waals surface area contributed by atoms with E-state index in [-0.39, 0.29) is 5.60 Å². The highest BCUT2D eigenvalue weighted by molar-refractivity contribution is 6.29. The first-order valence-corrected chi connectivity index (χ1v) is 7.86. The molecular formula is C17H19ClN2O. The molecule has 3 rings (SSSR count). The summed E-state index contributed by atoms with van der Waals surface area (Å²) in [5.41, 5.74) is 1.55. The Morgan fingerprint density at radius 1 is 1.14 bits per heavy atom. The average molecular weight is 303 g/mol. The summed E-state index contributed by atoms with van der Waals surface area (Å²) < 4.78 is 6.04. The maximum absolute atomic E-state index is 6.23. The monoisotopic (exact) mass is 302 g/mol. The van der Waals surface area contributed by atoms with Crippen molar-refractivity contribution < 1.29 is 4.74 Å². The highest BCUT2D eigenvalue weighted by atomic mass is 35.5. The molecule has 21 heavy (non-hydrogen) atoms. The van der Waals surface area contributed by atoms with E-state index in [2.05, 4.69) is 4.98 Å². The van der Waals surface area contributed by atoms with Crippen LogP contribution >= 0.6 is 11.6 Å². The van der Waals surface area contributed by atoms with Crippen LogP contribution in [0.25, 0.3) is 11.3 Å². The van der Waals surface area contributed by atoms with E-state index in [1.165, 1.54) is 0 Å². The van der Waals surface area contributed by atoms with E-state index in [0.29, 0.717) is 11.8 Å². The van der Waals surface area contributed by atoms with Crippen LogP contribution in [0.15, 0.2) is 36.4 Å². The summed E-state index contributed by atoms with van der Waals surface area (Å²) in [4.78, 5) is 9.22. The molecule has 0 amide bonds. The molecule has 1 aliphatic carbocycles. The zero-order valence-corrected chi connectivity index (χ0v) is 12.9. The molecule has 4 heteroatoms. The Balaban J connectivity index is 2.05. The molecule has 0 spiro atoms. The zero-order valence-electron chi connectivity index (χ0n) is 12.2. The van der Waals surface area contributed by atoms with Crippen molar-refractivity contribution in [2.75, 3.05) is 6.61 Å². The van der Waals surface area contributed by atoms with Gasteiger partial charge < -0.3 is 4.74 Å². The van der Waals surface area contributed by atoms with Crippen LogP contribution in [0.3, 0.4) is 0 Å². The molecule has 1 aliphatic rings. The predicted octanol–water partition coefficient (Wildman–Crippen LogP) is 4.60. The largest absolute Gasteiger partial charge is 0.367 e. The molecule has 0 bridgehead atoms. The molecule has 2 aromatic rings. The average Bonchev–Trinajstić information content (AvgIpc) is 2.98. The number of halogens is 1. The molecule has 0 N–H and O–H groups in total. The van der Waals surface area contributed by atoms with Crippen LogP contribution in [0.2, 0.25) is 5.15 Å². The second-order valence-electron chi connectivity index (χ2n) is 5.40. The van der Waals surface area contributed by atoms with Gasteiger partial charge in [-0.3, -0.25) is 0 Å². The number of nitrogens with zero attached hydrogens (tertiary/aromatic N) is 2. The smallest absolute Gasteiger partial charge is 0.162 e. The Morgan fingerprint density at radius 3 is 2.52 bits per heavy atom. The summed E-state index contributed by atoms with van der Waals surface area (Å²) in [7, 11) is 0. The molecule has 0 saturated heterocycles. The van der Waals surface area contributed by atoms with E-state index in [4.69, 9.17) is 21.3 Å². The van der Waals surface area contributed by atoms with Gasteiger partial charge >= 0.3 is 0 Å². The molecule has 3 nitrogen and oxygen atoms in total. The van der Waals surface area contributed by atoms with Crippen molar-refractivity contribution in [2.45, 2.75) is 38.2 Å². The van der Waals surface area contributed by atoms with Gasteiger partial charge in [0, 0.05) is 18.2 Å². The van der Waals surface area contributed by atoms with Crippen LogP contribution in [0.1, 0.15) is 38.4 Å². The lowest BCUT2D eigenvalue weighted by molar-refractivity contribution is -0.0456. The van der Waals surface area contributed by atoms with Gasteiger partial charge in [0.25, 0.3) is 0 Å². The van der Waals surface area contributed by atoms with E-state index < -0.39 is 0 Å². The van der Waals surface area contributed by atoms with Crippen molar-refractivity contribution in [2.24, 2.45) is 0 Å². The number of ether oxygens (including phenoxy) is 1. The van der Waals surface area contributed by atoms with Crippen LogP contribution in [0.5, 0.6) is 0 Å². The topological polar surface area (TPSA) is 35.0 Å². The highest BCUT2D eigenvalue weighted by Gasteiger charge is 2.39. The van der Waals surface area contributed by atoms with E-state index >= 15 is 0 Å². The Labute approximate surface area is 130 Å². The maximum atomic E-state index is 6.23. The third kappa shape index (κ3) is 2.94. The van der Waals surface area contributed by atoms with Crippen LogP contribution in [-0.4, -0.2) is 16.6 Å². The summed E-state index contributed by atoms with van der Waals surface area (Å²) in [5.74, 6) is 0.730. The Kier molecular flexibility index (Phi) is 4.22. The molecule has 1 heterocycles. The van der Waals surface area contributed by atoms with E-state index in [1.54, 1.807) is 0 Å². The van der Waals surface area contributed by atoms with Crippen molar-refractivity contribution in [1.82, 2.24) is 9.97 Å². The van der Waals surface area contributed by atoms with Gasteiger partial charge in [-0.25, -0.2) is 9.97 Å². The maximum Gasteiger partial charge on any atom is 0.162 e. The second kappa shape index (κ2) is 6.12. The van der Waals surface area contributed by atoms with Crippen LogP contribution in [0, 0.1) is 0 Å². The molecule has 1 fully saturated rings. The van der Waals surface area contributed by atoms with Gasteiger partial charge in [-0.15, -0.1) is 0 Å². The molecular weight excluding hydrogens is 284 g/mol. The Hall–Kier alpha value is -1.45. The van der Waals surface area contributed by atoms with Crippen molar-refractivity contribution in [3.05, 3.63) is 47.4 Å². The standard InChI is InChI=1S/C17H19ClN2O/c1-2-21-17(10-6-7-11-17)16-19-14(12-15(18)20-16)13-8-4-3-5-9-13/h3-5,8-9,12H,2,6-7,10-11H2,1H3. The van der Waals surface area contributed by atoms with Gasteiger partial charge in [0.05, 0.1) is 5.69 Å². The van der Waals surface area contributed by atoms with Gasteiger partial charge in [0.2, 0.25) is 0 Å². The summed E-state index contributed by atoms with van der Waals surface area (Å²) in [5, 5.41) is 0.477. The third-order valence-corrected chi connectivity index (χ3v) is 4.20. The highest BCUT2D eigenvalue weighted by Crippen LogP contribution is 2.41. The summed E-state index contributed by atoms with van der Waals surface area (Å²) in [6.07, 6.45) is 4.23. The van der Waals surface area contributed by atoms with Crippen molar-refractivity contribution in [3.8, 4) is 11.3 Å². The van der Waals surface area contributed by atoms with Crippen LogP contribution < -0.4 is 0 Å². The Bertz CT molecular complexity index is 609. The van der Waals surface area contributed by atoms with Crippen molar-refractivity contribution in [3.63, 3.8) is 0 Å². The molecule has 0 unspecified atom stereocenters. The first-order valence-electron chi connectivity index (χ1n) is 7.48. The first-order chi connectivity index (χ1) is 10.2. The van der Waals surface area contributed by atoms with Gasteiger partial charge in [-0.05, 0) is 32.6 Å². The third-order valence-electron chi connectivity index (χ3n) is 4.00. The van der Waals surface area contributed by atoms with E-state index in [0.717, 1.165) is 42.8 Å². The molecule has 110 valence electrons. The van der Waals surface area contributed by atoms with Gasteiger partial charge in [0.15, 0.2) is 5.82 Å². The molecule has 1 saturated carbocycles. The van der Waals surface area contributed by atoms with E-state index in [1.807, 2.05) is 43.3 Å². The van der Waals surface area contributed by atoms with Gasteiger partial charge in [-0.1, -0.05) is 41.9 Å². The molecule has 1 aromatic heterocycles. The van der Waals surface area contributed by atoms with Crippen LogP contribution in [-0.2, 0) is 10.3 Å². The van der Waals surface area contributed by atoms with Gasteiger partial charge in [0.1, 0.15) is 10.8 Å². The molecule has 0 aliphatic heterocycles. The summed E-state index contributed by atoms with van der Waals surface area (Å²) in [6, 6.07) is 11.9. The van der Waals surface area contributed by atoms with Crippen molar-refractivity contribution in [1.29, 1.82) is 0 Å². The number of benzene rings is 1. The fraction of sp³-hybridized carbons (Fsp3) is 0.412. The first kappa shape index (κ1) is 14.5. The van der Waals surface area contributed by atoms with Crippen LogP contribution in [0.4, 0.5) is 0 Å².